The number of rotatable bonds is 6. The maximum Gasteiger partial charge on any atom is 0.230 e. The Morgan fingerprint density at radius 2 is 1.94 bits per heavy atom. The number of amides is 1. The number of fused-ring (bicyclic) bond motifs is 1. The van der Waals surface area contributed by atoms with Crippen LogP contribution in [0.2, 0.25) is 0 Å². The first-order valence-corrected chi connectivity index (χ1v) is 11.2. The van der Waals surface area contributed by atoms with Crippen LogP contribution in [0.5, 0.6) is 5.75 Å². The molecule has 1 amide bonds. The van der Waals surface area contributed by atoms with E-state index < -0.39 is 5.41 Å². The van der Waals surface area contributed by atoms with Crippen LogP contribution in [0.4, 0.5) is 4.39 Å². The number of carbonyl (C=O) groups excluding carboxylic acids is 2. The van der Waals surface area contributed by atoms with E-state index in [1.165, 1.54) is 30.4 Å². The van der Waals surface area contributed by atoms with Crippen molar-refractivity contribution in [1.29, 1.82) is 0 Å². The summed E-state index contributed by atoms with van der Waals surface area (Å²) in [5, 5.41) is 3.05. The average molecular weight is 436 g/mol. The van der Waals surface area contributed by atoms with E-state index in [9.17, 15) is 14.0 Å². The second-order valence-corrected chi connectivity index (χ2v) is 9.35. The van der Waals surface area contributed by atoms with Crippen molar-refractivity contribution in [3.8, 4) is 16.2 Å². The zero-order valence-electron chi connectivity index (χ0n) is 17.1. The number of halogens is 1. The summed E-state index contributed by atoms with van der Waals surface area (Å²) in [6.07, 6.45) is 1.98. The Kier molecular flexibility index (Phi) is 4.89. The van der Waals surface area contributed by atoms with Crippen molar-refractivity contribution in [3.63, 3.8) is 0 Å². The van der Waals surface area contributed by atoms with E-state index in [-0.39, 0.29) is 23.6 Å². The molecule has 158 valence electrons. The van der Waals surface area contributed by atoms with E-state index in [4.69, 9.17) is 4.74 Å². The zero-order valence-corrected chi connectivity index (χ0v) is 17.9. The number of ether oxygens (including phenoxy) is 1. The highest BCUT2D eigenvalue weighted by Gasteiger charge is 2.51. The molecular formula is C25H22FNO3S. The minimum Gasteiger partial charge on any atom is -0.487 e. The van der Waals surface area contributed by atoms with E-state index in [0.29, 0.717) is 29.2 Å². The summed E-state index contributed by atoms with van der Waals surface area (Å²) in [6.45, 7) is 1.88. The molecule has 1 atom stereocenters. The molecule has 2 aromatic carbocycles. The molecule has 0 bridgehead atoms. The lowest BCUT2D eigenvalue weighted by atomic mass is 9.95. The number of Topliss-reactive ketones (excluding diaryl/α,β-unsaturated/α-hetero) is 1. The Balaban J connectivity index is 1.31. The van der Waals surface area contributed by atoms with Gasteiger partial charge in [-0.15, -0.1) is 11.3 Å². The molecule has 6 heteroatoms. The highest BCUT2D eigenvalue weighted by atomic mass is 32.1. The monoisotopic (exact) mass is 435 g/mol. The molecule has 5 rings (SSSR count). The van der Waals surface area contributed by atoms with Gasteiger partial charge in [-0.3, -0.25) is 9.59 Å². The number of carbonyl (C=O) groups is 2. The average Bonchev–Trinajstić information content (AvgIpc) is 3.24. The fourth-order valence-corrected chi connectivity index (χ4v) is 5.18. The normalized spacial score (nSPS) is 18.2. The predicted molar refractivity (Wildman–Crippen MR) is 118 cm³/mol. The molecule has 4 nitrogen and oxygen atoms in total. The van der Waals surface area contributed by atoms with Crippen molar-refractivity contribution < 1.29 is 18.7 Å². The number of hydrogen-bond acceptors (Lipinski definition) is 4. The van der Waals surface area contributed by atoms with Crippen molar-refractivity contribution >= 4 is 23.0 Å². The number of nitrogens with one attached hydrogen (secondary N) is 1. The summed E-state index contributed by atoms with van der Waals surface area (Å²) in [6, 6.07) is 16.4. The lowest BCUT2D eigenvalue weighted by molar-refractivity contribution is -0.123. The second-order valence-electron chi connectivity index (χ2n) is 8.26. The summed E-state index contributed by atoms with van der Waals surface area (Å²) in [5.41, 5.74) is 2.07. The SMILES string of the molecule is CC(=O)c1ccc(-c2cc(F)cc3c2O[C@@H](CNC(=O)C2(c4ccccc4)CC2)C3)s1. The number of ketones is 1. The Labute approximate surface area is 184 Å². The Morgan fingerprint density at radius 3 is 2.61 bits per heavy atom. The molecule has 31 heavy (non-hydrogen) atoms. The van der Waals surface area contributed by atoms with Crippen LogP contribution < -0.4 is 10.1 Å². The van der Waals surface area contributed by atoms with Crippen LogP contribution in [0.1, 0.15) is 40.6 Å². The van der Waals surface area contributed by atoms with Gasteiger partial charge in [0.05, 0.1) is 16.8 Å². The molecule has 1 saturated carbocycles. The van der Waals surface area contributed by atoms with Crippen LogP contribution in [0.15, 0.2) is 54.6 Å². The van der Waals surface area contributed by atoms with Gasteiger partial charge in [0.25, 0.3) is 0 Å². The Hall–Kier alpha value is -2.99. The van der Waals surface area contributed by atoms with Crippen molar-refractivity contribution in [1.82, 2.24) is 5.32 Å². The van der Waals surface area contributed by atoms with E-state index in [2.05, 4.69) is 5.32 Å². The number of thiophene rings is 1. The third-order valence-corrected chi connectivity index (χ3v) is 7.30. The van der Waals surface area contributed by atoms with Gasteiger partial charge in [-0.25, -0.2) is 4.39 Å². The van der Waals surface area contributed by atoms with E-state index >= 15 is 0 Å². The molecule has 2 heterocycles. The van der Waals surface area contributed by atoms with Gasteiger partial charge in [-0.1, -0.05) is 30.3 Å². The molecule has 1 aliphatic carbocycles. The largest absolute Gasteiger partial charge is 0.487 e. The van der Waals surface area contributed by atoms with E-state index in [0.717, 1.165) is 28.8 Å². The molecule has 1 fully saturated rings. The van der Waals surface area contributed by atoms with Crippen LogP contribution in [-0.2, 0) is 16.6 Å². The van der Waals surface area contributed by atoms with Gasteiger partial charge in [0, 0.05) is 22.4 Å². The Bertz CT molecular complexity index is 1170. The molecule has 0 spiro atoms. The van der Waals surface area contributed by atoms with Crippen molar-refractivity contribution in [3.05, 3.63) is 76.4 Å². The first kappa shape index (κ1) is 19.9. The van der Waals surface area contributed by atoms with Crippen LogP contribution in [0.3, 0.4) is 0 Å². The fraction of sp³-hybridized carbons (Fsp3) is 0.280. The quantitative estimate of drug-likeness (QED) is 0.560. The van der Waals surface area contributed by atoms with Gasteiger partial charge in [-0.2, -0.15) is 0 Å². The van der Waals surface area contributed by atoms with Gasteiger partial charge in [0.2, 0.25) is 5.91 Å². The highest BCUT2D eigenvalue weighted by molar-refractivity contribution is 7.17. The lowest BCUT2D eigenvalue weighted by Gasteiger charge is -2.18. The first-order chi connectivity index (χ1) is 15.0. The molecule has 0 radical (unpaired) electrons. The van der Waals surface area contributed by atoms with Gasteiger partial charge in [0.15, 0.2) is 5.78 Å². The molecule has 1 aliphatic heterocycles. The second kappa shape index (κ2) is 7.61. The first-order valence-electron chi connectivity index (χ1n) is 10.4. The molecule has 2 aliphatic rings. The van der Waals surface area contributed by atoms with Crippen LogP contribution in [-0.4, -0.2) is 24.3 Å². The summed E-state index contributed by atoms with van der Waals surface area (Å²) in [4.78, 5) is 26.0. The van der Waals surface area contributed by atoms with Crippen molar-refractivity contribution in [2.45, 2.75) is 37.7 Å². The third kappa shape index (κ3) is 3.65. The molecular weight excluding hydrogens is 413 g/mol. The number of hydrogen-bond donors (Lipinski definition) is 1. The van der Waals surface area contributed by atoms with Gasteiger partial charge < -0.3 is 10.1 Å². The van der Waals surface area contributed by atoms with Crippen LogP contribution in [0, 0.1) is 5.82 Å². The minimum atomic E-state index is -0.427. The zero-order chi connectivity index (χ0) is 21.6. The smallest absolute Gasteiger partial charge is 0.230 e. The third-order valence-electron chi connectivity index (χ3n) is 6.08. The van der Waals surface area contributed by atoms with Crippen LogP contribution >= 0.6 is 11.3 Å². The Morgan fingerprint density at radius 1 is 1.16 bits per heavy atom. The predicted octanol–water partition coefficient (Wildman–Crippen LogP) is 4.91. The molecule has 1 N–H and O–H groups in total. The van der Waals surface area contributed by atoms with Crippen molar-refractivity contribution in [2.24, 2.45) is 0 Å². The van der Waals surface area contributed by atoms with Gasteiger partial charge in [-0.05, 0) is 49.6 Å². The highest BCUT2D eigenvalue weighted by Crippen LogP contribution is 2.48. The summed E-state index contributed by atoms with van der Waals surface area (Å²) >= 11 is 1.33. The summed E-state index contributed by atoms with van der Waals surface area (Å²) in [5.74, 6) is 0.315. The lowest BCUT2D eigenvalue weighted by Crippen LogP contribution is -2.40. The van der Waals surface area contributed by atoms with E-state index in [1.54, 1.807) is 6.07 Å². The maximum absolute atomic E-state index is 14.3. The standard InChI is InChI=1S/C25H22FNO3S/c1-15(28)21-7-8-22(31-21)20-13-18(26)11-16-12-19(30-23(16)20)14-27-24(29)25(9-10-25)17-5-3-2-4-6-17/h2-8,11,13,19H,9-10,12,14H2,1H3,(H,27,29)/t19-/m1/s1. The topological polar surface area (TPSA) is 55.4 Å². The molecule has 1 aromatic heterocycles. The molecule has 0 unspecified atom stereocenters. The fourth-order valence-electron chi connectivity index (χ4n) is 4.27. The summed E-state index contributed by atoms with van der Waals surface area (Å²) < 4.78 is 20.4. The van der Waals surface area contributed by atoms with Gasteiger partial charge in [0.1, 0.15) is 17.7 Å². The van der Waals surface area contributed by atoms with Crippen LogP contribution in [0.25, 0.3) is 10.4 Å². The molecule has 0 saturated heterocycles. The van der Waals surface area contributed by atoms with Gasteiger partial charge >= 0.3 is 0 Å². The van der Waals surface area contributed by atoms with Crippen molar-refractivity contribution in [2.75, 3.05) is 6.54 Å². The summed E-state index contributed by atoms with van der Waals surface area (Å²) in [7, 11) is 0. The number of benzene rings is 2. The minimum absolute atomic E-state index is 0.0155. The van der Waals surface area contributed by atoms with E-state index in [1.807, 2.05) is 36.4 Å². The molecule has 3 aromatic rings. The maximum atomic E-state index is 14.3.